The molecule has 0 fully saturated rings. The number of aliphatic hydroxyl groups is 1. The fraction of sp³-hybridized carbons (Fsp3) is 0.562. The number of hydrogen-bond donors (Lipinski definition) is 3. The minimum absolute atomic E-state index is 0.0962. The number of rotatable bonds is 8. The zero-order valence-corrected chi connectivity index (χ0v) is 12.5. The standard InChI is InChI=1S/C16H25NO3/c1-4-11(3)17-14(10-15(18)19)16(20)13-8-6-12(5-2)7-9-13/h6-9,11,14,16-17,20H,4-5,10H2,1-3H3,(H,18,19). The zero-order chi connectivity index (χ0) is 15.1. The third-order valence-electron chi connectivity index (χ3n) is 3.62. The molecule has 0 radical (unpaired) electrons. The molecule has 1 aromatic rings. The third-order valence-corrected chi connectivity index (χ3v) is 3.62. The van der Waals surface area contributed by atoms with Crippen LogP contribution < -0.4 is 5.32 Å². The van der Waals surface area contributed by atoms with Gasteiger partial charge in [0.1, 0.15) is 0 Å². The van der Waals surface area contributed by atoms with Crippen LogP contribution in [0.3, 0.4) is 0 Å². The lowest BCUT2D eigenvalue weighted by atomic mass is 9.97. The highest BCUT2D eigenvalue weighted by Crippen LogP contribution is 2.20. The van der Waals surface area contributed by atoms with Crippen molar-refractivity contribution >= 4 is 5.97 Å². The van der Waals surface area contributed by atoms with Gasteiger partial charge < -0.3 is 15.5 Å². The number of carboxylic acids is 1. The molecule has 0 bridgehead atoms. The second-order valence-corrected chi connectivity index (χ2v) is 5.22. The average molecular weight is 279 g/mol. The molecule has 3 atom stereocenters. The zero-order valence-electron chi connectivity index (χ0n) is 12.5. The Bertz CT molecular complexity index is 416. The fourth-order valence-corrected chi connectivity index (χ4v) is 2.12. The molecule has 0 heterocycles. The van der Waals surface area contributed by atoms with Crippen molar-refractivity contribution in [1.82, 2.24) is 5.32 Å². The van der Waals surface area contributed by atoms with Gasteiger partial charge in [0, 0.05) is 12.1 Å². The van der Waals surface area contributed by atoms with Crippen LogP contribution in [0.2, 0.25) is 0 Å². The molecule has 0 aliphatic carbocycles. The van der Waals surface area contributed by atoms with Crippen molar-refractivity contribution in [2.24, 2.45) is 0 Å². The average Bonchev–Trinajstić information content (AvgIpc) is 2.45. The number of benzene rings is 1. The van der Waals surface area contributed by atoms with Crippen LogP contribution in [-0.4, -0.2) is 28.3 Å². The smallest absolute Gasteiger partial charge is 0.305 e. The van der Waals surface area contributed by atoms with Gasteiger partial charge in [-0.1, -0.05) is 38.1 Å². The Morgan fingerprint density at radius 1 is 1.25 bits per heavy atom. The second kappa shape index (κ2) is 8.02. The van der Waals surface area contributed by atoms with Crippen molar-refractivity contribution in [3.63, 3.8) is 0 Å². The summed E-state index contributed by atoms with van der Waals surface area (Å²) in [5, 5.41) is 22.6. The lowest BCUT2D eigenvalue weighted by molar-refractivity contribution is -0.138. The normalized spacial score (nSPS) is 15.6. The molecule has 3 unspecified atom stereocenters. The van der Waals surface area contributed by atoms with E-state index in [-0.39, 0.29) is 12.5 Å². The van der Waals surface area contributed by atoms with E-state index in [1.54, 1.807) is 0 Å². The van der Waals surface area contributed by atoms with Gasteiger partial charge in [-0.3, -0.25) is 4.79 Å². The maximum atomic E-state index is 11.0. The Hall–Kier alpha value is -1.39. The van der Waals surface area contributed by atoms with Crippen LogP contribution in [-0.2, 0) is 11.2 Å². The molecule has 20 heavy (non-hydrogen) atoms. The highest BCUT2D eigenvalue weighted by Gasteiger charge is 2.24. The maximum Gasteiger partial charge on any atom is 0.305 e. The molecule has 4 nitrogen and oxygen atoms in total. The lowest BCUT2D eigenvalue weighted by Gasteiger charge is -2.26. The molecule has 0 aromatic heterocycles. The molecule has 0 spiro atoms. The van der Waals surface area contributed by atoms with Gasteiger partial charge in [-0.05, 0) is 30.9 Å². The monoisotopic (exact) mass is 279 g/mol. The van der Waals surface area contributed by atoms with E-state index in [0.717, 1.165) is 18.4 Å². The van der Waals surface area contributed by atoms with Gasteiger partial charge in [0.2, 0.25) is 0 Å². The Labute approximate surface area is 120 Å². The molecule has 0 aliphatic heterocycles. The summed E-state index contributed by atoms with van der Waals surface area (Å²) in [6.45, 7) is 6.09. The molecule has 112 valence electrons. The topological polar surface area (TPSA) is 69.6 Å². The van der Waals surface area contributed by atoms with Crippen molar-refractivity contribution < 1.29 is 15.0 Å². The third kappa shape index (κ3) is 4.94. The van der Waals surface area contributed by atoms with Crippen LogP contribution in [0.4, 0.5) is 0 Å². The van der Waals surface area contributed by atoms with E-state index < -0.39 is 18.1 Å². The van der Waals surface area contributed by atoms with E-state index in [4.69, 9.17) is 5.11 Å². The van der Waals surface area contributed by atoms with Gasteiger partial charge in [-0.2, -0.15) is 0 Å². The number of hydrogen-bond acceptors (Lipinski definition) is 3. The molecule has 4 heteroatoms. The van der Waals surface area contributed by atoms with E-state index >= 15 is 0 Å². The highest BCUT2D eigenvalue weighted by molar-refractivity contribution is 5.67. The van der Waals surface area contributed by atoms with Gasteiger partial charge in [0.05, 0.1) is 12.5 Å². The summed E-state index contributed by atoms with van der Waals surface area (Å²) in [7, 11) is 0. The van der Waals surface area contributed by atoms with E-state index in [1.807, 2.05) is 38.1 Å². The first kappa shape index (κ1) is 16.7. The summed E-state index contributed by atoms with van der Waals surface area (Å²) >= 11 is 0. The van der Waals surface area contributed by atoms with Gasteiger partial charge >= 0.3 is 5.97 Å². The van der Waals surface area contributed by atoms with Crippen molar-refractivity contribution in [2.75, 3.05) is 0 Å². The van der Waals surface area contributed by atoms with Gasteiger partial charge in [-0.15, -0.1) is 0 Å². The van der Waals surface area contributed by atoms with E-state index in [1.165, 1.54) is 5.56 Å². The highest BCUT2D eigenvalue weighted by atomic mass is 16.4. The first-order chi connectivity index (χ1) is 9.47. The molecule has 0 saturated heterocycles. The Morgan fingerprint density at radius 2 is 1.85 bits per heavy atom. The molecule has 1 rings (SSSR count). The van der Waals surface area contributed by atoms with E-state index in [0.29, 0.717) is 0 Å². The summed E-state index contributed by atoms with van der Waals surface area (Å²) in [5.74, 6) is -0.907. The molecular weight excluding hydrogens is 254 g/mol. The molecule has 1 aromatic carbocycles. The lowest BCUT2D eigenvalue weighted by Crippen LogP contribution is -2.41. The Kier molecular flexibility index (Phi) is 6.68. The number of aryl methyl sites for hydroxylation is 1. The summed E-state index contributed by atoms with van der Waals surface area (Å²) in [4.78, 5) is 11.0. The SMILES string of the molecule is CCc1ccc(C(O)C(CC(=O)O)NC(C)CC)cc1. The quantitative estimate of drug-likeness (QED) is 0.684. The predicted octanol–water partition coefficient (Wildman–Crippen LogP) is 2.51. The minimum atomic E-state index is -0.907. The molecule has 0 saturated carbocycles. The van der Waals surface area contributed by atoms with Gasteiger partial charge in [0.15, 0.2) is 0 Å². The number of aliphatic carboxylic acids is 1. The van der Waals surface area contributed by atoms with Crippen molar-refractivity contribution in [3.05, 3.63) is 35.4 Å². The molecule has 0 amide bonds. The predicted molar refractivity (Wildman–Crippen MR) is 79.7 cm³/mol. The van der Waals surface area contributed by atoms with Crippen LogP contribution in [0.15, 0.2) is 24.3 Å². The van der Waals surface area contributed by atoms with Crippen LogP contribution in [0.5, 0.6) is 0 Å². The minimum Gasteiger partial charge on any atom is -0.481 e. The van der Waals surface area contributed by atoms with Crippen LogP contribution >= 0.6 is 0 Å². The van der Waals surface area contributed by atoms with Crippen LogP contribution in [0.1, 0.15) is 50.8 Å². The summed E-state index contributed by atoms with van der Waals surface area (Å²) in [6.07, 6.45) is 0.921. The first-order valence-corrected chi connectivity index (χ1v) is 7.22. The van der Waals surface area contributed by atoms with Crippen molar-refractivity contribution in [3.8, 4) is 0 Å². The summed E-state index contributed by atoms with van der Waals surface area (Å²) < 4.78 is 0. The molecule has 0 aliphatic rings. The first-order valence-electron chi connectivity index (χ1n) is 7.22. The van der Waals surface area contributed by atoms with Gasteiger partial charge in [0.25, 0.3) is 0 Å². The number of aliphatic hydroxyl groups excluding tert-OH is 1. The molecule has 3 N–H and O–H groups in total. The summed E-state index contributed by atoms with van der Waals surface area (Å²) in [6, 6.07) is 7.38. The van der Waals surface area contributed by atoms with Crippen LogP contribution in [0.25, 0.3) is 0 Å². The number of carboxylic acid groups (broad SMARTS) is 1. The number of nitrogens with one attached hydrogen (secondary N) is 1. The number of carbonyl (C=O) groups is 1. The van der Waals surface area contributed by atoms with Crippen molar-refractivity contribution in [1.29, 1.82) is 0 Å². The summed E-state index contributed by atoms with van der Waals surface area (Å²) in [5.41, 5.74) is 1.95. The van der Waals surface area contributed by atoms with Crippen molar-refractivity contribution in [2.45, 2.75) is 58.2 Å². The maximum absolute atomic E-state index is 11.0. The Balaban J connectivity index is 2.84. The van der Waals surface area contributed by atoms with Gasteiger partial charge in [-0.25, -0.2) is 0 Å². The van der Waals surface area contributed by atoms with Crippen LogP contribution in [0, 0.1) is 0 Å². The Morgan fingerprint density at radius 3 is 2.30 bits per heavy atom. The second-order valence-electron chi connectivity index (χ2n) is 5.22. The largest absolute Gasteiger partial charge is 0.481 e. The van der Waals surface area contributed by atoms with E-state index in [9.17, 15) is 9.90 Å². The molecular formula is C16H25NO3. The fourth-order valence-electron chi connectivity index (χ4n) is 2.12. The van der Waals surface area contributed by atoms with E-state index in [2.05, 4.69) is 12.2 Å².